The molecule has 1 amide bonds. The third kappa shape index (κ3) is 5.39. The van der Waals surface area contributed by atoms with Gasteiger partial charge >= 0.3 is 0 Å². The number of amides is 1. The van der Waals surface area contributed by atoms with Gasteiger partial charge in [0.2, 0.25) is 4.80 Å². The van der Waals surface area contributed by atoms with Crippen molar-refractivity contribution < 1.29 is 9.53 Å². The lowest BCUT2D eigenvalue weighted by Crippen LogP contribution is -2.24. The molecule has 0 fully saturated rings. The fourth-order valence-electron chi connectivity index (χ4n) is 3.95. The van der Waals surface area contributed by atoms with Gasteiger partial charge in [0.05, 0.1) is 24.1 Å². The summed E-state index contributed by atoms with van der Waals surface area (Å²) in [4.78, 5) is 14.1. The number of thiazole rings is 1. The highest BCUT2D eigenvalue weighted by atomic mass is 79.9. The largest absolute Gasteiger partial charge is 0.497 e. The third-order valence-electron chi connectivity index (χ3n) is 5.85. The molecule has 0 atom stereocenters. The number of ether oxygens (including phenoxy) is 1. The van der Waals surface area contributed by atoms with E-state index >= 15 is 0 Å². The number of benzene rings is 3. The number of rotatable bonds is 8. The molecular weight excluding hydrogens is 562 g/mol. The normalized spacial score (nSPS) is 11.4. The predicted octanol–water partition coefficient (Wildman–Crippen LogP) is 6.27. The van der Waals surface area contributed by atoms with E-state index in [0.29, 0.717) is 22.6 Å². The second kappa shape index (κ2) is 11.5. The molecule has 0 aliphatic rings. The van der Waals surface area contributed by atoms with Crippen molar-refractivity contribution in [2.75, 3.05) is 7.11 Å². The molecule has 0 radical (unpaired) electrons. The number of para-hydroxylation sites is 1. The monoisotopic (exact) mass is 585 g/mol. The first-order chi connectivity index (χ1) is 18.6. The molecule has 0 saturated heterocycles. The van der Waals surface area contributed by atoms with E-state index in [1.165, 1.54) is 11.3 Å². The first-order valence-electron chi connectivity index (χ1n) is 11.8. The third-order valence-corrected chi connectivity index (χ3v) is 7.24. The van der Waals surface area contributed by atoms with Crippen LogP contribution in [0.1, 0.15) is 10.4 Å². The summed E-state index contributed by atoms with van der Waals surface area (Å²) >= 11 is 4.93. The molecule has 5 rings (SSSR count). The number of nitrogens with one attached hydrogen (secondary N) is 1. The van der Waals surface area contributed by atoms with Crippen molar-refractivity contribution in [3.8, 4) is 34.0 Å². The van der Waals surface area contributed by atoms with Crippen LogP contribution in [0.25, 0.3) is 28.2 Å². The second-order valence-corrected chi connectivity index (χ2v) is 10.0. The molecule has 0 aliphatic carbocycles. The summed E-state index contributed by atoms with van der Waals surface area (Å²) in [7, 11) is 1.62. The molecule has 7 nitrogen and oxygen atoms in total. The summed E-state index contributed by atoms with van der Waals surface area (Å²) in [5.41, 5.74) is 7.37. The van der Waals surface area contributed by atoms with Crippen molar-refractivity contribution in [1.29, 1.82) is 0 Å². The smallest absolute Gasteiger partial charge is 0.275 e. The summed E-state index contributed by atoms with van der Waals surface area (Å²) in [6.45, 7) is 4.43. The molecule has 0 spiro atoms. The number of halogens is 1. The van der Waals surface area contributed by atoms with E-state index in [4.69, 9.17) is 9.84 Å². The summed E-state index contributed by atoms with van der Waals surface area (Å²) in [6, 6.07) is 25.2. The van der Waals surface area contributed by atoms with Crippen LogP contribution in [-0.2, 0) is 6.54 Å². The van der Waals surface area contributed by atoms with Gasteiger partial charge in [-0.1, -0.05) is 52.3 Å². The molecule has 38 heavy (non-hydrogen) atoms. The first kappa shape index (κ1) is 25.4. The molecule has 1 N–H and O–H groups in total. The Labute approximate surface area is 232 Å². The second-order valence-electron chi connectivity index (χ2n) is 8.26. The maximum atomic E-state index is 13.5. The average molecular weight is 587 g/mol. The van der Waals surface area contributed by atoms with E-state index in [2.05, 4.69) is 33.0 Å². The Morgan fingerprint density at radius 3 is 2.47 bits per heavy atom. The van der Waals surface area contributed by atoms with Gasteiger partial charge in [-0.05, 0) is 54.1 Å². The lowest BCUT2D eigenvalue weighted by molar-refractivity contribution is 0.0953. The Morgan fingerprint density at radius 1 is 1.08 bits per heavy atom. The van der Waals surface area contributed by atoms with Gasteiger partial charge in [0.25, 0.3) is 5.91 Å². The number of methoxy groups -OCH3 is 1. The summed E-state index contributed by atoms with van der Waals surface area (Å²) in [5.74, 6) is 0.366. The minimum atomic E-state index is -0.359. The van der Waals surface area contributed by atoms with Gasteiger partial charge < -0.3 is 9.30 Å². The topological polar surface area (TPSA) is 73.4 Å². The highest BCUT2D eigenvalue weighted by Crippen LogP contribution is 2.26. The minimum absolute atomic E-state index is 0.359. The Kier molecular flexibility index (Phi) is 7.67. The number of hydrogen-bond acceptors (Lipinski definition) is 5. The quantitative estimate of drug-likeness (QED) is 0.172. The SMILES string of the molecule is C=CCn1c(-c2ccc(Br)cc2)cs/c1=N/NC(=O)c1cn(-c2ccccc2)nc1-c1ccc(OC)cc1. The van der Waals surface area contributed by atoms with Crippen LogP contribution < -0.4 is 15.0 Å². The zero-order valence-electron chi connectivity index (χ0n) is 20.5. The van der Waals surface area contributed by atoms with E-state index < -0.39 is 0 Å². The highest BCUT2D eigenvalue weighted by Gasteiger charge is 2.19. The average Bonchev–Trinajstić information content (AvgIpc) is 3.58. The zero-order chi connectivity index (χ0) is 26.5. The van der Waals surface area contributed by atoms with E-state index in [1.807, 2.05) is 94.9 Å². The molecule has 9 heteroatoms. The maximum absolute atomic E-state index is 13.5. The van der Waals surface area contributed by atoms with Gasteiger partial charge in [0, 0.05) is 28.2 Å². The van der Waals surface area contributed by atoms with E-state index in [0.717, 1.165) is 32.7 Å². The van der Waals surface area contributed by atoms with Gasteiger partial charge in [-0.3, -0.25) is 4.79 Å². The summed E-state index contributed by atoms with van der Waals surface area (Å²) in [5, 5.41) is 11.2. The Bertz CT molecular complexity index is 1640. The Morgan fingerprint density at radius 2 is 1.79 bits per heavy atom. The zero-order valence-corrected chi connectivity index (χ0v) is 22.9. The van der Waals surface area contributed by atoms with Crippen molar-refractivity contribution in [1.82, 2.24) is 19.8 Å². The van der Waals surface area contributed by atoms with Crippen LogP contribution in [0.4, 0.5) is 0 Å². The lowest BCUT2D eigenvalue weighted by atomic mass is 10.1. The van der Waals surface area contributed by atoms with Gasteiger partial charge in [-0.25, -0.2) is 10.1 Å². The summed E-state index contributed by atoms with van der Waals surface area (Å²) in [6.07, 6.45) is 3.53. The van der Waals surface area contributed by atoms with Crippen molar-refractivity contribution in [3.63, 3.8) is 0 Å². The highest BCUT2D eigenvalue weighted by molar-refractivity contribution is 9.10. The predicted molar refractivity (Wildman–Crippen MR) is 154 cm³/mol. The molecule has 0 bridgehead atoms. The number of allylic oxidation sites excluding steroid dienone is 1. The van der Waals surface area contributed by atoms with Gasteiger partial charge in [0.1, 0.15) is 11.4 Å². The Balaban J connectivity index is 1.51. The van der Waals surface area contributed by atoms with Gasteiger partial charge in [-0.2, -0.15) is 5.10 Å². The Hall–Kier alpha value is -4.21. The van der Waals surface area contributed by atoms with Crippen LogP contribution >= 0.6 is 27.3 Å². The summed E-state index contributed by atoms with van der Waals surface area (Å²) < 4.78 is 10.0. The molecular formula is C29H24BrN5O2S. The molecule has 0 aliphatic heterocycles. The van der Waals surface area contributed by atoms with Gasteiger partial charge in [-0.15, -0.1) is 23.0 Å². The van der Waals surface area contributed by atoms with Crippen LogP contribution in [0.15, 0.2) is 113 Å². The molecule has 0 saturated carbocycles. The molecule has 3 aromatic carbocycles. The van der Waals surface area contributed by atoms with E-state index in [1.54, 1.807) is 18.0 Å². The number of hydrogen-bond donors (Lipinski definition) is 1. The van der Waals surface area contributed by atoms with Crippen molar-refractivity contribution in [2.24, 2.45) is 5.10 Å². The molecule has 0 unspecified atom stereocenters. The van der Waals surface area contributed by atoms with Crippen LogP contribution in [0.5, 0.6) is 5.75 Å². The molecule has 190 valence electrons. The number of carbonyl (C=O) groups excluding carboxylic acids is 1. The molecule has 2 heterocycles. The fraction of sp³-hybridized carbons (Fsp3) is 0.0690. The number of aromatic nitrogens is 3. The van der Waals surface area contributed by atoms with E-state index in [9.17, 15) is 4.79 Å². The lowest BCUT2D eigenvalue weighted by Gasteiger charge is -2.07. The van der Waals surface area contributed by atoms with Crippen LogP contribution in [0.3, 0.4) is 0 Å². The van der Waals surface area contributed by atoms with Crippen LogP contribution in [0.2, 0.25) is 0 Å². The standard InChI is InChI=1S/C29H24BrN5O2S/c1-3-17-34-26(20-9-13-22(30)14-10-20)19-38-29(34)32-31-28(36)25-18-35(23-7-5-4-6-8-23)33-27(25)21-11-15-24(37-2)16-12-21/h3-16,18-19H,1,17H2,2H3,(H,31,36)/b32-29+. The maximum Gasteiger partial charge on any atom is 0.275 e. The van der Waals surface area contributed by atoms with Gasteiger partial charge in [0.15, 0.2) is 0 Å². The van der Waals surface area contributed by atoms with Crippen molar-refractivity contribution in [3.05, 3.63) is 118 Å². The number of carbonyl (C=O) groups is 1. The first-order valence-corrected chi connectivity index (χ1v) is 13.4. The fourth-order valence-corrected chi connectivity index (χ4v) is 5.09. The number of nitrogens with zero attached hydrogens (tertiary/aromatic N) is 4. The van der Waals surface area contributed by atoms with Crippen LogP contribution in [-0.4, -0.2) is 27.4 Å². The van der Waals surface area contributed by atoms with E-state index in [-0.39, 0.29) is 5.91 Å². The van der Waals surface area contributed by atoms with Crippen molar-refractivity contribution >= 4 is 33.2 Å². The van der Waals surface area contributed by atoms with Crippen molar-refractivity contribution in [2.45, 2.75) is 6.54 Å². The molecule has 2 aromatic heterocycles. The van der Waals surface area contributed by atoms with Crippen LogP contribution in [0, 0.1) is 0 Å². The minimum Gasteiger partial charge on any atom is -0.497 e. The molecule has 5 aromatic rings.